The lowest BCUT2D eigenvalue weighted by Crippen LogP contribution is -2.17. The lowest BCUT2D eigenvalue weighted by Gasteiger charge is -2.25. The predicted molar refractivity (Wildman–Crippen MR) is 127 cm³/mol. The first-order valence-corrected chi connectivity index (χ1v) is 11.2. The zero-order chi connectivity index (χ0) is 20.1. The minimum absolute atomic E-state index is 0.659. The fraction of sp³-hybridized carbons (Fsp3) is 0.310. The van der Waals surface area contributed by atoms with E-state index in [9.17, 15) is 0 Å². The van der Waals surface area contributed by atoms with Crippen molar-refractivity contribution < 1.29 is 0 Å². The molecule has 2 atom stereocenters. The average Bonchev–Trinajstić information content (AvgIpc) is 2.77. The molecule has 0 aliphatic rings. The van der Waals surface area contributed by atoms with Crippen LogP contribution in [-0.4, -0.2) is 0 Å². The third-order valence-electron chi connectivity index (χ3n) is 6.52. The molecule has 0 saturated heterocycles. The van der Waals surface area contributed by atoms with E-state index in [0.29, 0.717) is 11.8 Å². The topological polar surface area (TPSA) is 0 Å². The highest BCUT2D eigenvalue weighted by atomic mass is 14.2. The van der Waals surface area contributed by atoms with E-state index in [1.165, 1.54) is 58.4 Å². The number of hydrogen-bond donors (Lipinski definition) is 0. The van der Waals surface area contributed by atoms with Crippen LogP contribution in [-0.2, 0) is 12.8 Å². The van der Waals surface area contributed by atoms with Gasteiger partial charge in [-0.05, 0) is 63.8 Å². The Balaban J connectivity index is 1.60. The normalized spacial score (nSPS) is 13.6. The SMILES string of the molecule is CCCCC(Cc1cccc2ccccc12)C(C)Cc1cccc2ccccc12. The van der Waals surface area contributed by atoms with Crippen LogP contribution in [0.1, 0.15) is 44.2 Å². The number of benzene rings is 4. The van der Waals surface area contributed by atoms with Gasteiger partial charge >= 0.3 is 0 Å². The molecule has 0 saturated carbocycles. The molecule has 29 heavy (non-hydrogen) atoms. The van der Waals surface area contributed by atoms with Gasteiger partial charge in [-0.1, -0.05) is 112 Å². The Labute approximate surface area is 175 Å². The van der Waals surface area contributed by atoms with Crippen LogP contribution in [0.3, 0.4) is 0 Å². The van der Waals surface area contributed by atoms with Gasteiger partial charge in [-0.2, -0.15) is 0 Å². The van der Waals surface area contributed by atoms with Crippen molar-refractivity contribution >= 4 is 21.5 Å². The smallest absolute Gasteiger partial charge is 0.0152 e. The molecule has 148 valence electrons. The highest BCUT2D eigenvalue weighted by molar-refractivity contribution is 5.86. The van der Waals surface area contributed by atoms with Gasteiger partial charge in [0.25, 0.3) is 0 Å². The fourth-order valence-electron chi connectivity index (χ4n) is 4.79. The van der Waals surface area contributed by atoms with Crippen molar-refractivity contribution in [2.45, 2.75) is 46.0 Å². The summed E-state index contributed by atoms with van der Waals surface area (Å²) < 4.78 is 0. The third-order valence-corrected chi connectivity index (χ3v) is 6.52. The molecule has 0 radical (unpaired) electrons. The van der Waals surface area contributed by atoms with E-state index in [1.807, 2.05) is 0 Å². The summed E-state index contributed by atoms with van der Waals surface area (Å²) >= 11 is 0. The Morgan fingerprint density at radius 1 is 0.621 bits per heavy atom. The minimum Gasteiger partial charge on any atom is -0.0654 e. The lowest BCUT2D eigenvalue weighted by molar-refractivity contribution is 0.324. The Kier molecular flexibility index (Phi) is 6.30. The zero-order valence-electron chi connectivity index (χ0n) is 17.8. The molecule has 2 unspecified atom stereocenters. The van der Waals surface area contributed by atoms with Gasteiger partial charge in [0.2, 0.25) is 0 Å². The second-order valence-electron chi connectivity index (χ2n) is 8.56. The summed E-state index contributed by atoms with van der Waals surface area (Å²) in [6.45, 7) is 4.78. The van der Waals surface area contributed by atoms with Crippen LogP contribution in [0.15, 0.2) is 84.9 Å². The molecule has 0 aliphatic heterocycles. The second kappa shape index (κ2) is 9.27. The van der Waals surface area contributed by atoms with Gasteiger partial charge in [-0.3, -0.25) is 0 Å². The van der Waals surface area contributed by atoms with Gasteiger partial charge in [-0.25, -0.2) is 0 Å². The minimum atomic E-state index is 0.659. The monoisotopic (exact) mass is 380 g/mol. The summed E-state index contributed by atoms with van der Waals surface area (Å²) in [6, 6.07) is 31.2. The Bertz CT molecular complexity index is 1060. The van der Waals surface area contributed by atoms with Crippen molar-refractivity contribution in [3.8, 4) is 0 Å². The van der Waals surface area contributed by atoms with E-state index in [0.717, 1.165) is 6.42 Å². The average molecular weight is 381 g/mol. The largest absolute Gasteiger partial charge is 0.0654 e. The van der Waals surface area contributed by atoms with Crippen LogP contribution in [0.4, 0.5) is 0 Å². The van der Waals surface area contributed by atoms with Gasteiger partial charge in [0.15, 0.2) is 0 Å². The van der Waals surface area contributed by atoms with E-state index in [4.69, 9.17) is 0 Å². The van der Waals surface area contributed by atoms with Crippen molar-refractivity contribution in [2.24, 2.45) is 11.8 Å². The first-order valence-electron chi connectivity index (χ1n) is 11.2. The summed E-state index contributed by atoms with van der Waals surface area (Å²) in [5.41, 5.74) is 3.00. The number of fused-ring (bicyclic) bond motifs is 2. The maximum absolute atomic E-state index is 2.47. The van der Waals surface area contributed by atoms with E-state index in [1.54, 1.807) is 0 Å². The van der Waals surface area contributed by atoms with Gasteiger partial charge in [0.05, 0.1) is 0 Å². The summed E-state index contributed by atoms with van der Waals surface area (Å²) in [7, 11) is 0. The highest BCUT2D eigenvalue weighted by Crippen LogP contribution is 2.31. The van der Waals surface area contributed by atoms with E-state index >= 15 is 0 Å². The molecule has 0 N–H and O–H groups in total. The van der Waals surface area contributed by atoms with Crippen molar-refractivity contribution in [3.05, 3.63) is 96.1 Å². The number of hydrogen-bond acceptors (Lipinski definition) is 0. The Morgan fingerprint density at radius 2 is 1.14 bits per heavy atom. The molecule has 4 aromatic rings. The molecular weight excluding hydrogens is 348 g/mol. The first-order chi connectivity index (χ1) is 14.3. The molecule has 0 fully saturated rings. The molecule has 0 aliphatic carbocycles. The first kappa shape index (κ1) is 19.7. The Hall–Kier alpha value is -2.60. The van der Waals surface area contributed by atoms with Gasteiger partial charge < -0.3 is 0 Å². The van der Waals surface area contributed by atoms with Crippen LogP contribution in [0, 0.1) is 11.8 Å². The second-order valence-corrected chi connectivity index (χ2v) is 8.56. The molecule has 0 heteroatoms. The van der Waals surface area contributed by atoms with E-state index in [2.05, 4.69) is 98.8 Å². The lowest BCUT2D eigenvalue weighted by atomic mass is 9.79. The quantitative estimate of drug-likeness (QED) is 0.289. The molecule has 4 rings (SSSR count). The van der Waals surface area contributed by atoms with E-state index < -0.39 is 0 Å². The summed E-state index contributed by atoms with van der Waals surface area (Å²) in [6.07, 6.45) is 6.22. The van der Waals surface area contributed by atoms with Crippen LogP contribution < -0.4 is 0 Å². The predicted octanol–water partition coefficient (Wildman–Crippen LogP) is 8.22. The fourth-order valence-corrected chi connectivity index (χ4v) is 4.79. The number of unbranched alkanes of at least 4 members (excludes halogenated alkanes) is 1. The molecule has 0 heterocycles. The highest BCUT2D eigenvalue weighted by Gasteiger charge is 2.19. The van der Waals surface area contributed by atoms with Crippen molar-refractivity contribution in [2.75, 3.05) is 0 Å². The Morgan fingerprint density at radius 3 is 1.72 bits per heavy atom. The molecule has 0 nitrogen and oxygen atoms in total. The summed E-state index contributed by atoms with van der Waals surface area (Å²) in [5.74, 6) is 1.37. The van der Waals surface area contributed by atoms with Gasteiger partial charge in [0, 0.05) is 0 Å². The molecule has 0 spiro atoms. The van der Waals surface area contributed by atoms with Crippen molar-refractivity contribution in [1.29, 1.82) is 0 Å². The number of rotatable bonds is 8. The standard InChI is InChI=1S/C29H32/c1-3-4-11-25(21-27-17-10-15-24-13-6-8-19-29(24)27)22(2)20-26-16-9-14-23-12-5-7-18-28(23)26/h5-10,12-19,22,25H,3-4,11,20-21H2,1-2H3. The third kappa shape index (κ3) is 4.53. The summed E-state index contributed by atoms with van der Waals surface area (Å²) in [4.78, 5) is 0. The molecule has 0 amide bonds. The van der Waals surface area contributed by atoms with Crippen LogP contribution in [0.2, 0.25) is 0 Å². The maximum atomic E-state index is 2.47. The summed E-state index contributed by atoms with van der Waals surface area (Å²) in [5, 5.41) is 5.56. The van der Waals surface area contributed by atoms with Gasteiger partial charge in [-0.15, -0.1) is 0 Å². The van der Waals surface area contributed by atoms with Gasteiger partial charge in [0.1, 0.15) is 0 Å². The van der Waals surface area contributed by atoms with Crippen LogP contribution in [0.5, 0.6) is 0 Å². The van der Waals surface area contributed by atoms with E-state index in [-0.39, 0.29) is 0 Å². The van der Waals surface area contributed by atoms with Crippen molar-refractivity contribution in [1.82, 2.24) is 0 Å². The van der Waals surface area contributed by atoms with Crippen LogP contribution in [0.25, 0.3) is 21.5 Å². The van der Waals surface area contributed by atoms with Crippen molar-refractivity contribution in [3.63, 3.8) is 0 Å². The molecular formula is C29H32. The van der Waals surface area contributed by atoms with Crippen LogP contribution >= 0.6 is 0 Å². The molecule has 4 aromatic carbocycles. The molecule has 0 bridgehead atoms. The zero-order valence-corrected chi connectivity index (χ0v) is 17.8. The maximum Gasteiger partial charge on any atom is -0.0152 e. The molecule has 0 aromatic heterocycles.